The molecule has 128 valence electrons. The Kier molecular flexibility index (Phi) is 5.29. The molecule has 1 N–H and O–H groups in total. The normalized spacial score (nSPS) is 11.5. The van der Waals surface area contributed by atoms with E-state index < -0.39 is 0 Å². The number of aromatic nitrogens is 2. The van der Waals surface area contributed by atoms with E-state index in [0.29, 0.717) is 13.1 Å². The lowest BCUT2D eigenvalue weighted by Crippen LogP contribution is -2.28. The van der Waals surface area contributed by atoms with Crippen LogP contribution < -0.4 is 5.32 Å². The summed E-state index contributed by atoms with van der Waals surface area (Å²) in [6.45, 7) is 4.93. The second-order valence-electron chi connectivity index (χ2n) is 6.31. The van der Waals surface area contributed by atoms with Gasteiger partial charge in [-0.1, -0.05) is 68.5 Å². The van der Waals surface area contributed by atoms with Crippen LogP contribution in [0, 0.1) is 5.92 Å². The molecule has 4 heteroatoms. The van der Waals surface area contributed by atoms with Gasteiger partial charge < -0.3 is 9.88 Å². The summed E-state index contributed by atoms with van der Waals surface area (Å²) < 4.78 is 2.15. The zero-order valence-electron chi connectivity index (χ0n) is 14.6. The monoisotopic (exact) mass is 333 g/mol. The molecule has 0 aliphatic heterocycles. The molecule has 0 fully saturated rings. The topological polar surface area (TPSA) is 46.9 Å². The lowest BCUT2D eigenvalue weighted by atomic mass is 10.2. The summed E-state index contributed by atoms with van der Waals surface area (Å²) in [5.41, 5.74) is 3.19. The number of allylic oxidation sites excluding steroid dienone is 1. The van der Waals surface area contributed by atoms with Crippen LogP contribution >= 0.6 is 0 Å². The summed E-state index contributed by atoms with van der Waals surface area (Å²) in [6, 6.07) is 18.3. The van der Waals surface area contributed by atoms with Crippen molar-refractivity contribution in [2.24, 2.45) is 5.92 Å². The van der Waals surface area contributed by atoms with Gasteiger partial charge in [-0.3, -0.25) is 4.79 Å². The first kappa shape index (κ1) is 17.0. The predicted molar refractivity (Wildman–Crippen MR) is 102 cm³/mol. The third-order valence-electron chi connectivity index (χ3n) is 4.08. The Bertz CT molecular complexity index is 879. The van der Waals surface area contributed by atoms with Crippen molar-refractivity contribution in [1.29, 1.82) is 0 Å². The van der Waals surface area contributed by atoms with E-state index in [9.17, 15) is 4.79 Å². The number of para-hydroxylation sites is 2. The summed E-state index contributed by atoms with van der Waals surface area (Å²) in [5.74, 6) is 0.877. The van der Waals surface area contributed by atoms with Crippen molar-refractivity contribution in [2.45, 2.75) is 26.9 Å². The number of fused-ring (bicyclic) bond motifs is 1. The van der Waals surface area contributed by atoms with Crippen molar-refractivity contribution in [2.75, 3.05) is 0 Å². The SMILES string of the molecule is CC(C)C(=O)NCc1nc2ccccc2n1C/C=C/c1ccccc1. The van der Waals surface area contributed by atoms with E-state index in [0.717, 1.165) is 16.9 Å². The lowest BCUT2D eigenvalue weighted by Gasteiger charge is -2.09. The van der Waals surface area contributed by atoms with Crippen LogP contribution in [0.3, 0.4) is 0 Å². The van der Waals surface area contributed by atoms with Crippen LogP contribution in [0.2, 0.25) is 0 Å². The van der Waals surface area contributed by atoms with Gasteiger partial charge in [-0.15, -0.1) is 0 Å². The molecule has 0 bridgehead atoms. The van der Waals surface area contributed by atoms with Crippen LogP contribution in [0.1, 0.15) is 25.2 Å². The number of nitrogens with one attached hydrogen (secondary N) is 1. The summed E-state index contributed by atoms with van der Waals surface area (Å²) in [7, 11) is 0. The minimum Gasteiger partial charge on any atom is -0.349 e. The largest absolute Gasteiger partial charge is 0.349 e. The van der Waals surface area contributed by atoms with E-state index in [2.05, 4.69) is 45.2 Å². The number of amides is 1. The standard InChI is InChI=1S/C21H23N3O/c1-16(2)21(25)22-15-20-23-18-12-6-7-13-19(18)24(20)14-8-11-17-9-4-3-5-10-17/h3-13,16H,14-15H2,1-2H3,(H,22,25)/b11-8+. The van der Waals surface area contributed by atoms with Crippen molar-refractivity contribution in [1.82, 2.24) is 14.9 Å². The minimum atomic E-state index is -0.0317. The molecule has 1 heterocycles. The summed E-state index contributed by atoms with van der Waals surface area (Å²) in [4.78, 5) is 16.6. The average Bonchev–Trinajstić information content (AvgIpc) is 2.98. The first-order valence-electron chi connectivity index (χ1n) is 8.58. The fourth-order valence-electron chi connectivity index (χ4n) is 2.69. The molecule has 0 atom stereocenters. The number of carbonyl (C=O) groups is 1. The molecule has 0 unspecified atom stereocenters. The van der Waals surface area contributed by atoms with Crippen molar-refractivity contribution >= 4 is 23.0 Å². The van der Waals surface area contributed by atoms with Crippen LogP contribution in [-0.2, 0) is 17.9 Å². The maximum absolute atomic E-state index is 11.9. The molecule has 25 heavy (non-hydrogen) atoms. The van der Waals surface area contributed by atoms with E-state index in [1.165, 1.54) is 5.56 Å². The summed E-state index contributed by atoms with van der Waals surface area (Å²) in [6.07, 6.45) is 4.22. The molecule has 0 aliphatic rings. The zero-order chi connectivity index (χ0) is 17.6. The average molecular weight is 333 g/mol. The number of imidazole rings is 1. The molecule has 0 radical (unpaired) electrons. The lowest BCUT2D eigenvalue weighted by molar-refractivity contribution is -0.124. The fourth-order valence-corrected chi connectivity index (χ4v) is 2.69. The maximum Gasteiger partial charge on any atom is 0.222 e. The summed E-state index contributed by atoms with van der Waals surface area (Å²) >= 11 is 0. The first-order valence-corrected chi connectivity index (χ1v) is 8.58. The molecule has 0 saturated heterocycles. The Morgan fingerprint density at radius 2 is 1.84 bits per heavy atom. The number of carbonyl (C=O) groups excluding carboxylic acids is 1. The Balaban J connectivity index is 1.83. The van der Waals surface area contributed by atoms with Gasteiger partial charge >= 0.3 is 0 Å². The molecule has 2 aromatic carbocycles. The minimum absolute atomic E-state index is 0.0317. The van der Waals surface area contributed by atoms with Crippen molar-refractivity contribution in [3.8, 4) is 0 Å². The fraction of sp³-hybridized carbons (Fsp3) is 0.238. The smallest absolute Gasteiger partial charge is 0.222 e. The van der Waals surface area contributed by atoms with E-state index in [1.54, 1.807) is 0 Å². The van der Waals surface area contributed by atoms with Gasteiger partial charge in [0.2, 0.25) is 5.91 Å². The van der Waals surface area contributed by atoms with Gasteiger partial charge in [-0.05, 0) is 17.7 Å². The van der Waals surface area contributed by atoms with Gasteiger partial charge in [0, 0.05) is 12.5 Å². The van der Waals surface area contributed by atoms with Crippen LogP contribution in [0.4, 0.5) is 0 Å². The molecule has 4 nitrogen and oxygen atoms in total. The van der Waals surface area contributed by atoms with E-state index in [4.69, 9.17) is 0 Å². The molecule has 3 aromatic rings. The van der Waals surface area contributed by atoms with Gasteiger partial charge in [-0.25, -0.2) is 4.98 Å². The van der Waals surface area contributed by atoms with Gasteiger partial charge in [-0.2, -0.15) is 0 Å². The summed E-state index contributed by atoms with van der Waals surface area (Å²) in [5, 5.41) is 2.96. The van der Waals surface area contributed by atoms with Crippen molar-refractivity contribution < 1.29 is 4.79 Å². The Morgan fingerprint density at radius 1 is 1.12 bits per heavy atom. The van der Waals surface area contributed by atoms with E-state index in [1.807, 2.05) is 50.2 Å². The van der Waals surface area contributed by atoms with Gasteiger partial charge in [0.1, 0.15) is 5.82 Å². The molecule has 0 saturated carbocycles. The highest BCUT2D eigenvalue weighted by Gasteiger charge is 2.12. The Labute approximate surface area is 148 Å². The van der Waals surface area contributed by atoms with Crippen LogP contribution in [0.25, 0.3) is 17.1 Å². The Morgan fingerprint density at radius 3 is 2.60 bits per heavy atom. The van der Waals surface area contributed by atoms with Crippen LogP contribution in [0.15, 0.2) is 60.7 Å². The molecule has 0 aliphatic carbocycles. The Hall–Kier alpha value is -2.88. The van der Waals surface area contributed by atoms with E-state index >= 15 is 0 Å². The van der Waals surface area contributed by atoms with Crippen molar-refractivity contribution in [3.05, 3.63) is 72.1 Å². The highest BCUT2D eigenvalue weighted by atomic mass is 16.1. The maximum atomic E-state index is 11.9. The molecule has 1 amide bonds. The number of nitrogens with zero attached hydrogens (tertiary/aromatic N) is 2. The van der Waals surface area contributed by atoms with Gasteiger partial charge in [0.25, 0.3) is 0 Å². The van der Waals surface area contributed by atoms with Crippen molar-refractivity contribution in [3.63, 3.8) is 0 Å². The third-order valence-corrected chi connectivity index (χ3v) is 4.08. The van der Waals surface area contributed by atoms with E-state index in [-0.39, 0.29) is 11.8 Å². The first-order chi connectivity index (χ1) is 12.1. The predicted octanol–water partition coefficient (Wildman–Crippen LogP) is 4.02. The second-order valence-corrected chi connectivity index (χ2v) is 6.31. The highest BCUT2D eigenvalue weighted by molar-refractivity contribution is 5.78. The highest BCUT2D eigenvalue weighted by Crippen LogP contribution is 2.16. The second kappa shape index (κ2) is 7.79. The number of hydrogen-bond acceptors (Lipinski definition) is 2. The molecule has 0 spiro atoms. The van der Waals surface area contributed by atoms with Crippen LogP contribution in [-0.4, -0.2) is 15.5 Å². The molecule has 1 aromatic heterocycles. The van der Waals surface area contributed by atoms with Crippen LogP contribution in [0.5, 0.6) is 0 Å². The van der Waals surface area contributed by atoms with Gasteiger partial charge in [0.05, 0.1) is 17.6 Å². The molecule has 3 rings (SSSR count). The zero-order valence-corrected chi connectivity index (χ0v) is 14.6. The number of benzene rings is 2. The quantitative estimate of drug-likeness (QED) is 0.740. The number of hydrogen-bond donors (Lipinski definition) is 1. The molecular formula is C21H23N3O. The number of rotatable bonds is 6. The van der Waals surface area contributed by atoms with Gasteiger partial charge in [0.15, 0.2) is 0 Å². The third kappa shape index (κ3) is 4.15. The molecular weight excluding hydrogens is 310 g/mol.